The summed E-state index contributed by atoms with van der Waals surface area (Å²) >= 11 is 1.72. The predicted octanol–water partition coefficient (Wildman–Crippen LogP) is 1.91. The molecular formula is C14H22N2O3S. The molecule has 2 rings (SSSR count). The van der Waals surface area contributed by atoms with E-state index >= 15 is 0 Å². The summed E-state index contributed by atoms with van der Waals surface area (Å²) in [7, 11) is 1.64. The van der Waals surface area contributed by atoms with E-state index in [4.69, 9.17) is 9.47 Å². The third-order valence-electron chi connectivity index (χ3n) is 3.37. The first kappa shape index (κ1) is 15.3. The van der Waals surface area contributed by atoms with Gasteiger partial charge < -0.3 is 19.7 Å². The first-order chi connectivity index (χ1) is 9.70. The maximum Gasteiger partial charge on any atom is 0.317 e. The van der Waals surface area contributed by atoms with Gasteiger partial charge in [0.25, 0.3) is 0 Å². The van der Waals surface area contributed by atoms with E-state index in [0.29, 0.717) is 38.8 Å². The summed E-state index contributed by atoms with van der Waals surface area (Å²) in [5.74, 6) is 0.342. The van der Waals surface area contributed by atoms with Gasteiger partial charge in [-0.05, 0) is 11.4 Å². The monoisotopic (exact) mass is 298 g/mol. The summed E-state index contributed by atoms with van der Waals surface area (Å²) in [6.07, 6.45) is -0.0192. The molecule has 0 spiro atoms. The van der Waals surface area contributed by atoms with Crippen molar-refractivity contribution in [1.29, 1.82) is 0 Å². The second kappa shape index (κ2) is 7.61. The van der Waals surface area contributed by atoms with Gasteiger partial charge in [-0.2, -0.15) is 0 Å². The molecule has 2 amide bonds. The smallest absolute Gasteiger partial charge is 0.317 e. The number of methoxy groups -OCH3 is 1. The number of carbonyl (C=O) groups excluding carboxylic acids is 1. The molecule has 20 heavy (non-hydrogen) atoms. The number of nitrogens with zero attached hydrogens (tertiary/aromatic N) is 1. The minimum atomic E-state index is -0.0192. The summed E-state index contributed by atoms with van der Waals surface area (Å²) in [6.45, 7) is 5.11. The molecule has 0 aromatic carbocycles. The topological polar surface area (TPSA) is 50.8 Å². The second-order valence-electron chi connectivity index (χ2n) is 5.00. The molecule has 1 N–H and O–H groups in total. The van der Waals surface area contributed by atoms with Crippen LogP contribution in [0.2, 0.25) is 0 Å². The number of thiophene rings is 1. The lowest BCUT2D eigenvalue weighted by molar-refractivity contribution is -0.0494. The Morgan fingerprint density at radius 1 is 1.70 bits per heavy atom. The molecule has 2 heterocycles. The molecule has 1 aliphatic rings. The van der Waals surface area contributed by atoms with Crippen LogP contribution in [0.3, 0.4) is 0 Å². The quantitative estimate of drug-likeness (QED) is 0.903. The van der Waals surface area contributed by atoms with E-state index in [1.54, 1.807) is 23.3 Å². The van der Waals surface area contributed by atoms with Crippen molar-refractivity contribution >= 4 is 17.4 Å². The zero-order chi connectivity index (χ0) is 14.4. The van der Waals surface area contributed by atoms with Gasteiger partial charge in [-0.15, -0.1) is 11.3 Å². The SMILES string of the molecule is COC[C@@H]1CN(C(=O)NC[C@@H](C)c2cccs2)CCO1. The van der Waals surface area contributed by atoms with Crippen molar-refractivity contribution in [2.45, 2.75) is 18.9 Å². The number of amides is 2. The van der Waals surface area contributed by atoms with Crippen molar-refractivity contribution in [2.24, 2.45) is 0 Å². The zero-order valence-corrected chi connectivity index (χ0v) is 12.8. The van der Waals surface area contributed by atoms with Crippen LogP contribution in [0.25, 0.3) is 0 Å². The maximum atomic E-state index is 12.1. The fourth-order valence-corrected chi connectivity index (χ4v) is 3.00. The van der Waals surface area contributed by atoms with Crippen LogP contribution in [0, 0.1) is 0 Å². The number of morpholine rings is 1. The average molecular weight is 298 g/mol. The first-order valence-electron chi connectivity index (χ1n) is 6.87. The lowest BCUT2D eigenvalue weighted by Gasteiger charge is -2.32. The van der Waals surface area contributed by atoms with Crippen molar-refractivity contribution < 1.29 is 14.3 Å². The van der Waals surface area contributed by atoms with Crippen molar-refractivity contribution in [1.82, 2.24) is 10.2 Å². The number of hydrogen-bond acceptors (Lipinski definition) is 4. The van der Waals surface area contributed by atoms with Crippen molar-refractivity contribution in [3.05, 3.63) is 22.4 Å². The number of hydrogen-bond donors (Lipinski definition) is 1. The van der Waals surface area contributed by atoms with Crippen molar-refractivity contribution in [3.8, 4) is 0 Å². The van der Waals surface area contributed by atoms with Crippen LogP contribution in [0.1, 0.15) is 17.7 Å². The molecule has 0 saturated carbocycles. The number of urea groups is 1. The highest BCUT2D eigenvalue weighted by atomic mass is 32.1. The van der Waals surface area contributed by atoms with Crippen molar-refractivity contribution in [2.75, 3.05) is 40.0 Å². The Morgan fingerprint density at radius 2 is 2.55 bits per heavy atom. The van der Waals surface area contributed by atoms with Crippen LogP contribution in [0.4, 0.5) is 4.79 Å². The number of nitrogens with one attached hydrogen (secondary N) is 1. The number of ether oxygens (including phenoxy) is 2. The van der Waals surface area contributed by atoms with Gasteiger partial charge in [-0.3, -0.25) is 0 Å². The lowest BCUT2D eigenvalue weighted by Crippen LogP contribution is -2.51. The van der Waals surface area contributed by atoms with Crippen LogP contribution in [-0.4, -0.2) is 57.0 Å². The highest BCUT2D eigenvalue weighted by Crippen LogP contribution is 2.19. The summed E-state index contributed by atoms with van der Waals surface area (Å²) in [6, 6.07) is 4.12. The van der Waals surface area contributed by atoms with E-state index < -0.39 is 0 Å². The van der Waals surface area contributed by atoms with Gasteiger partial charge in [0.1, 0.15) is 0 Å². The maximum absolute atomic E-state index is 12.1. The Labute approximate surface area is 123 Å². The largest absolute Gasteiger partial charge is 0.382 e. The molecule has 112 valence electrons. The van der Waals surface area contributed by atoms with E-state index in [-0.39, 0.29) is 12.1 Å². The highest BCUT2D eigenvalue weighted by Gasteiger charge is 2.24. The van der Waals surface area contributed by atoms with Gasteiger partial charge in [0.15, 0.2) is 0 Å². The van der Waals surface area contributed by atoms with Crippen LogP contribution < -0.4 is 5.32 Å². The van der Waals surface area contributed by atoms with Gasteiger partial charge in [-0.1, -0.05) is 13.0 Å². The molecule has 6 heteroatoms. The van der Waals surface area contributed by atoms with E-state index in [1.807, 2.05) is 6.07 Å². The Hall–Kier alpha value is -1.11. The Kier molecular flexibility index (Phi) is 5.82. The predicted molar refractivity (Wildman–Crippen MR) is 79.3 cm³/mol. The Bertz CT molecular complexity index is 409. The molecule has 0 bridgehead atoms. The average Bonchev–Trinajstić information content (AvgIpc) is 2.99. The van der Waals surface area contributed by atoms with Crippen molar-refractivity contribution in [3.63, 3.8) is 0 Å². The second-order valence-corrected chi connectivity index (χ2v) is 5.98. The van der Waals surface area contributed by atoms with Crippen LogP contribution in [0.5, 0.6) is 0 Å². The third kappa shape index (κ3) is 4.19. The van der Waals surface area contributed by atoms with Crippen LogP contribution in [0.15, 0.2) is 17.5 Å². The fourth-order valence-electron chi connectivity index (χ4n) is 2.22. The lowest BCUT2D eigenvalue weighted by atomic mass is 10.1. The molecule has 1 saturated heterocycles. The third-order valence-corrected chi connectivity index (χ3v) is 4.47. The Balaban J connectivity index is 1.76. The molecule has 0 radical (unpaired) electrons. The highest BCUT2D eigenvalue weighted by molar-refractivity contribution is 7.10. The van der Waals surface area contributed by atoms with Gasteiger partial charge in [0.2, 0.25) is 0 Å². The van der Waals surface area contributed by atoms with Crippen LogP contribution in [-0.2, 0) is 9.47 Å². The molecule has 1 aliphatic heterocycles. The molecule has 5 nitrogen and oxygen atoms in total. The molecular weight excluding hydrogens is 276 g/mol. The van der Waals surface area contributed by atoms with E-state index in [2.05, 4.69) is 23.7 Å². The standard InChI is InChI=1S/C14H22N2O3S/c1-11(13-4-3-7-20-13)8-15-14(17)16-5-6-19-12(9-16)10-18-2/h3-4,7,11-12H,5-6,8-10H2,1-2H3,(H,15,17)/t11-,12+/m1/s1. The molecule has 1 aromatic heterocycles. The van der Waals surface area contributed by atoms with Gasteiger partial charge >= 0.3 is 6.03 Å². The fraction of sp³-hybridized carbons (Fsp3) is 0.643. The summed E-state index contributed by atoms with van der Waals surface area (Å²) in [4.78, 5) is 15.2. The summed E-state index contributed by atoms with van der Waals surface area (Å²) in [5.41, 5.74) is 0. The molecule has 0 aliphatic carbocycles. The van der Waals surface area contributed by atoms with Gasteiger partial charge in [0.05, 0.1) is 25.9 Å². The molecule has 1 fully saturated rings. The number of carbonyl (C=O) groups is 1. The Morgan fingerprint density at radius 3 is 3.25 bits per heavy atom. The molecule has 0 unspecified atom stereocenters. The minimum absolute atomic E-state index is 0.0159. The molecule has 1 aromatic rings. The summed E-state index contributed by atoms with van der Waals surface area (Å²) in [5, 5.41) is 5.06. The zero-order valence-electron chi connectivity index (χ0n) is 12.0. The van der Waals surface area contributed by atoms with Gasteiger partial charge in [0, 0.05) is 31.0 Å². The first-order valence-corrected chi connectivity index (χ1v) is 7.75. The number of rotatable bonds is 5. The van der Waals surface area contributed by atoms with Gasteiger partial charge in [-0.25, -0.2) is 4.79 Å². The molecule has 2 atom stereocenters. The van der Waals surface area contributed by atoms with E-state index in [1.165, 1.54) is 4.88 Å². The summed E-state index contributed by atoms with van der Waals surface area (Å²) < 4.78 is 10.6. The van der Waals surface area contributed by atoms with E-state index in [9.17, 15) is 4.79 Å². The minimum Gasteiger partial charge on any atom is -0.382 e. The van der Waals surface area contributed by atoms with Crippen LogP contribution >= 0.6 is 11.3 Å². The normalized spacial score (nSPS) is 20.7. The van der Waals surface area contributed by atoms with E-state index in [0.717, 1.165) is 0 Å².